The first kappa shape index (κ1) is 13.4. The Morgan fingerprint density at radius 2 is 1.87 bits per heavy atom. The number of benzene rings is 2. The maximum absolute atomic E-state index is 12.2. The second-order valence-corrected chi connectivity index (χ2v) is 5.25. The van der Waals surface area contributed by atoms with E-state index in [1.807, 2.05) is 6.07 Å². The first-order valence-electron chi connectivity index (χ1n) is 7.08. The average molecular weight is 311 g/mol. The van der Waals surface area contributed by atoms with Crippen molar-refractivity contribution in [2.45, 2.75) is 6.42 Å². The van der Waals surface area contributed by atoms with Gasteiger partial charge in [0.25, 0.3) is 0 Å². The molecule has 1 aromatic heterocycles. The van der Waals surface area contributed by atoms with Gasteiger partial charge >= 0.3 is 5.69 Å². The van der Waals surface area contributed by atoms with Crippen LogP contribution in [0.4, 0.5) is 5.69 Å². The normalized spacial score (nSPS) is 12.5. The second-order valence-electron chi connectivity index (χ2n) is 5.25. The van der Waals surface area contributed by atoms with Gasteiger partial charge in [0, 0.05) is 11.8 Å². The molecule has 0 spiro atoms. The smallest absolute Gasteiger partial charge is 0.323 e. The molecule has 2 aromatic carbocycles. The minimum absolute atomic E-state index is 0.152. The highest BCUT2D eigenvalue weighted by atomic mass is 16.7. The van der Waals surface area contributed by atoms with Gasteiger partial charge in [-0.1, -0.05) is 6.07 Å². The molecule has 4 rings (SSSR count). The van der Waals surface area contributed by atoms with E-state index in [9.17, 15) is 9.59 Å². The summed E-state index contributed by atoms with van der Waals surface area (Å²) >= 11 is 0. The number of aromatic amines is 2. The Bertz CT molecular complexity index is 957. The van der Waals surface area contributed by atoms with Crippen molar-refractivity contribution in [1.82, 2.24) is 9.97 Å². The molecular weight excluding hydrogens is 298 g/mol. The van der Waals surface area contributed by atoms with E-state index in [4.69, 9.17) is 9.47 Å². The van der Waals surface area contributed by atoms with Crippen molar-refractivity contribution in [1.29, 1.82) is 0 Å². The maximum atomic E-state index is 12.2. The van der Waals surface area contributed by atoms with Gasteiger partial charge in [-0.3, -0.25) is 4.79 Å². The molecule has 116 valence electrons. The van der Waals surface area contributed by atoms with Gasteiger partial charge in [0.2, 0.25) is 12.7 Å². The highest BCUT2D eigenvalue weighted by Gasteiger charge is 2.14. The third-order valence-corrected chi connectivity index (χ3v) is 3.60. The predicted octanol–water partition coefficient (Wildman–Crippen LogP) is 1.77. The summed E-state index contributed by atoms with van der Waals surface area (Å²) in [6.07, 6.45) is 0.206. The molecule has 0 aliphatic carbocycles. The number of imidazole rings is 1. The zero-order valence-electron chi connectivity index (χ0n) is 12.0. The number of H-pyrrole nitrogens is 2. The third-order valence-electron chi connectivity index (χ3n) is 3.60. The summed E-state index contributed by atoms with van der Waals surface area (Å²) < 4.78 is 10.5. The molecule has 1 aliphatic heterocycles. The summed E-state index contributed by atoms with van der Waals surface area (Å²) in [4.78, 5) is 28.7. The van der Waals surface area contributed by atoms with Crippen molar-refractivity contribution in [3.05, 3.63) is 52.4 Å². The molecule has 7 heteroatoms. The van der Waals surface area contributed by atoms with E-state index in [0.29, 0.717) is 22.7 Å². The molecule has 0 radical (unpaired) electrons. The van der Waals surface area contributed by atoms with Gasteiger partial charge in [0.05, 0.1) is 17.5 Å². The molecule has 0 bridgehead atoms. The molecule has 0 fully saturated rings. The SMILES string of the molecule is O=C(Cc1ccc2[nH]c(=O)[nH]c2c1)Nc1ccc2c(c1)OCO2. The summed E-state index contributed by atoms with van der Waals surface area (Å²) in [6.45, 7) is 0.196. The molecule has 3 N–H and O–H groups in total. The lowest BCUT2D eigenvalue weighted by atomic mass is 10.1. The van der Waals surface area contributed by atoms with Gasteiger partial charge in [-0.25, -0.2) is 4.79 Å². The number of carbonyl (C=O) groups is 1. The third kappa shape index (κ3) is 2.64. The van der Waals surface area contributed by atoms with E-state index in [-0.39, 0.29) is 24.8 Å². The van der Waals surface area contributed by atoms with Crippen LogP contribution < -0.4 is 20.5 Å². The maximum Gasteiger partial charge on any atom is 0.323 e. The molecule has 2 heterocycles. The van der Waals surface area contributed by atoms with E-state index >= 15 is 0 Å². The van der Waals surface area contributed by atoms with Crippen LogP contribution in [0, 0.1) is 0 Å². The summed E-state index contributed by atoms with van der Waals surface area (Å²) in [7, 11) is 0. The number of hydrogen-bond donors (Lipinski definition) is 3. The number of nitrogens with one attached hydrogen (secondary N) is 3. The summed E-state index contributed by atoms with van der Waals surface area (Å²) in [5.41, 5.74) is 2.60. The fraction of sp³-hybridized carbons (Fsp3) is 0.125. The minimum Gasteiger partial charge on any atom is -0.454 e. The van der Waals surface area contributed by atoms with Crippen molar-refractivity contribution in [2.75, 3.05) is 12.1 Å². The van der Waals surface area contributed by atoms with E-state index in [0.717, 1.165) is 11.1 Å². The Morgan fingerprint density at radius 1 is 1.04 bits per heavy atom. The fourth-order valence-electron chi connectivity index (χ4n) is 2.55. The molecule has 0 atom stereocenters. The highest BCUT2D eigenvalue weighted by Crippen LogP contribution is 2.34. The molecular formula is C16H13N3O4. The Labute approximate surface area is 130 Å². The second kappa shape index (κ2) is 5.20. The number of anilines is 1. The first-order chi connectivity index (χ1) is 11.2. The van der Waals surface area contributed by atoms with Crippen molar-refractivity contribution in [3.63, 3.8) is 0 Å². The number of ether oxygens (including phenoxy) is 2. The lowest BCUT2D eigenvalue weighted by Gasteiger charge is -2.06. The molecule has 23 heavy (non-hydrogen) atoms. The predicted molar refractivity (Wildman–Crippen MR) is 83.8 cm³/mol. The van der Waals surface area contributed by atoms with Crippen LogP contribution in [0.3, 0.4) is 0 Å². The van der Waals surface area contributed by atoms with Gasteiger partial charge in [-0.05, 0) is 29.8 Å². The van der Waals surface area contributed by atoms with Crippen molar-refractivity contribution >= 4 is 22.6 Å². The van der Waals surface area contributed by atoms with Crippen molar-refractivity contribution < 1.29 is 14.3 Å². The number of carbonyl (C=O) groups excluding carboxylic acids is 1. The van der Waals surface area contributed by atoms with Crippen molar-refractivity contribution in [2.24, 2.45) is 0 Å². The van der Waals surface area contributed by atoms with E-state index in [1.165, 1.54) is 0 Å². The van der Waals surface area contributed by atoms with Crippen molar-refractivity contribution in [3.8, 4) is 11.5 Å². The number of hydrogen-bond acceptors (Lipinski definition) is 4. The van der Waals surface area contributed by atoms with Crippen LogP contribution in [-0.2, 0) is 11.2 Å². The lowest BCUT2D eigenvalue weighted by molar-refractivity contribution is -0.115. The Kier molecular flexibility index (Phi) is 3.04. The van der Waals surface area contributed by atoms with Crippen LogP contribution in [0.2, 0.25) is 0 Å². The standard InChI is InChI=1S/C16H13N3O4/c20-15(17-10-2-4-13-14(7-10)23-8-22-13)6-9-1-3-11-12(5-9)19-16(21)18-11/h1-5,7H,6,8H2,(H,17,20)(H2,18,19,21). The van der Waals surface area contributed by atoms with Crippen LogP contribution in [0.5, 0.6) is 11.5 Å². The van der Waals surface area contributed by atoms with Gasteiger partial charge in [-0.15, -0.1) is 0 Å². The van der Waals surface area contributed by atoms with Gasteiger partial charge in [0.15, 0.2) is 11.5 Å². The monoisotopic (exact) mass is 311 g/mol. The molecule has 7 nitrogen and oxygen atoms in total. The summed E-state index contributed by atoms with van der Waals surface area (Å²) in [5, 5.41) is 2.82. The topological polar surface area (TPSA) is 96.2 Å². The first-order valence-corrected chi connectivity index (χ1v) is 7.08. The molecule has 0 saturated carbocycles. The van der Waals surface area contributed by atoms with Crippen LogP contribution in [0.15, 0.2) is 41.2 Å². The number of fused-ring (bicyclic) bond motifs is 2. The quantitative estimate of drug-likeness (QED) is 0.687. The fourth-order valence-corrected chi connectivity index (χ4v) is 2.55. The van der Waals surface area contributed by atoms with Crippen LogP contribution in [0.1, 0.15) is 5.56 Å². The van der Waals surface area contributed by atoms with Gasteiger partial charge in [0.1, 0.15) is 0 Å². The average Bonchev–Trinajstić information content (AvgIpc) is 3.11. The Hall–Kier alpha value is -3.22. The number of amides is 1. The largest absolute Gasteiger partial charge is 0.454 e. The molecule has 1 aliphatic rings. The minimum atomic E-state index is -0.262. The molecule has 3 aromatic rings. The lowest BCUT2D eigenvalue weighted by Crippen LogP contribution is -2.14. The van der Waals surface area contributed by atoms with Crippen LogP contribution >= 0.6 is 0 Å². The molecule has 0 unspecified atom stereocenters. The van der Waals surface area contributed by atoms with E-state index in [1.54, 1.807) is 30.3 Å². The zero-order chi connectivity index (χ0) is 15.8. The van der Waals surface area contributed by atoms with E-state index < -0.39 is 0 Å². The number of rotatable bonds is 3. The highest BCUT2D eigenvalue weighted by molar-refractivity contribution is 5.93. The van der Waals surface area contributed by atoms with Gasteiger partial charge in [-0.2, -0.15) is 0 Å². The summed E-state index contributed by atoms with van der Waals surface area (Å²) in [6, 6.07) is 10.6. The number of aromatic nitrogens is 2. The molecule has 1 amide bonds. The molecule has 0 saturated heterocycles. The Morgan fingerprint density at radius 3 is 2.78 bits per heavy atom. The van der Waals surface area contributed by atoms with Gasteiger partial charge < -0.3 is 24.8 Å². The van der Waals surface area contributed by atoms with Crippen LogP contribution in [-0.4, -0.2) is 22.7 Å². The summed E-state index contributed by atoms with van der Waals surface area (Å²) in [5.74, 6) is 1.14. The van der Waals surface area contributed by atoms with E-state index in [2.05, 4.69) is 15.3 Å². The van der Waals surface area contributed by atoms with Crippen LogP contribution in [0.25, 0.3) is 11.0 Å². The zero-order valence-corrected chi connectivity index (χ0v) is 12.0. The Balaban J connectivity index is 1.49.